The minimum absolute atomic E-state index is 0.208. The van der Waals surface area contributed by atoms with E-state index in [0.29, 0.717) is 0 Å². The molecule has 0 unspecified atom stereocenters. The van der Waals surface area contributed by atoms with Crippen molar-refractivity contribution in [3.05, 3.63) is 52.8 Å². The van der Waals surface area contributed by atoms with Gasteiger partial charge >= 0.3 is 0 Å². The maximum atomic E-state index is 4.61. The lowest BCUT2D eigenvalue weighted by Crippen LogP contribution is -2.11. The van der Waals surface area contributed by atoms with Gasteiger partial charge in [0.2, 0.25) is 0 Å². The summed E-state index contributed by atoms with van der Waals surface area (Å²) in [7, 11) is 0. The minimum atomic E-state index is 0.208. The fraction of sp³-hybridized carbons (Fsp3) is 0.500. The molecule has 21 heavy (non-hydrogen) atoms. The molecule has 0 saturated carbocycles. The largest absolute Gasteiger partial charge is 0.313 e. The van der Waals surface area contributed by atoms with E-state index >= 15 is 0 Å². The molecule has 0 amide bonds. The molecule has 0 aliphatic rings. The molecule has 0 fully saturated rings. The summed E-state index contributed by atoms with van der Waals surface area (Å²) in [5, 5.41) is 7.96. The highest BCUT2D eigenvalue weighted by atomic mass is 15.3. The first-order chi connectivity index (χ1) is 9.90. The summed E-state index contributed by atoms with van der Waals surface area (Å²) in [6.07, 6.45) is 2.15. The van der Waals surface area contributed by atoms with E-state index in [1.54, 1.807) is 0 Å². The number of hydrogen-bond donors (Lipinski definition) is 1. The predicted octanol–water partition coefficient (Wildman–Crippen LogP) is 3.65. The zero-order valence-electron chi connectivity index (χ0n) is 13.9. The molecule has 1 N–H and O–H groups in total. The minimum Gasteiger partial charge on any atom is -0.313 e. The molecule has 0 atom stereocenters. The van der Waals surface area contributed by atoms with Gasteiger partial charge in [0.25, 0.3) is 0 Å². The van der Waals surface area contributed by atoms with Crippen LogP contribution in [0.15, 0.2) is 30.5 Å². The summed E-state index contributed by atoms with van der Waals surface area (Å²) in [4.78, 5) is 0. The fourth-order valence-electron chi connectivity index (χ4n) is 2.37. The molecule has 0 aliphatic heterocycles. The van der Waals surface area contributed by atoms with Gasteiger partial charge in [-0.25, -0.2) is 0 Å². The number of nitrogens with zero attached hydrogens (tertiary/aromatic N) is 2. The molecular formula is C18H27N3. The summed E-state index contributed by atoms with van der Waals surface area (Å²) >= 11 is 0. The van der Waals surface area contributed by atoms with Crippen molar-refractivity contribution in [1.29, 1.82) is 0 Å². The second-order valence-electron chi connectivity index (χ2n) is 6.66. The molecule has 0 saturated heterocycles. The average molecular weight is 285 g/mol. The molecule has 2 rings (SSSR count). The fourth-order valence-corrected chi connectivity index (χ4v) is 2.37. The van der Waals surface area contributed by atoms with Crippen molar-refractivity contribution in [2.75, 3.05) is 6.54 Å². The van der Waals surface area contributed by atoms with Gasteiger partial charge < -0.3 is 5.32 Å². The van der Waals surface area contributed by atoms with Crippen molar-refractivity contribution in [2.24, 2.45) is 0 Å². The number of aryl methyl sites for hydroxylation is 1. The summed E-state index contributed by atoms with van der Waals surface area (Å²) in [5.41, 5.74) is 5.27. The topological polar surface area (TPSA) is 29.9 Å². The Balaban J connectivity index is 2.08. The van der Waals surface area contributed by atoms with Gasteiger partial charge in [0.15, 0.2) is 0 Å². The van der Waals surface area contributed by atoms with E-state index in [9.17, 15) is 0 Å². The Hall–Kier alpha value is -1.61. The van der Waals surface area contributed by atoms with Gasteiger partial charge in [0.05, 0.1) is 12.2 Å². The molecule has 0 spiro atoms. The van der Waals surface area contributed by atoms with Gasteiger partial charge in [-0.3, -0.25) is 4.68 Å². The monoisotopic (exact) mass is 285 g/mol. The number of aromatic nitrogens is 2. The Morgan fingerprint density at radius 3 is 2.38 bits per heavy atom. The highest BCUT2D eigenvalue weighted by Crippen LogP contribution is 2.22. The Kier molecular flexibility index (Phi) is 4.84. The van der Waals surface area contributed by atoms with Crippen LogP contribution in [0, 0.1) is 6.92 Å². The maximum Gasteiger partial charge on any atom is 0.0659 e. The van der Waals surface area contributed by atoms with Crippen LogP contribution in [-0.4, -0.2) is 16.3 Å². The van der Waals surface area contributed by atoms with Crippen molar-refractivity contribution in [1.82, 2.24) is 15.1 Å². The van der Waals surface area contributed by atoms with Crippen molar-refractivity contribution in [3.63, 3.8) is 0 Å². The summed E-state index contributed by atoms with van der Waals surface area (Å²) in [6.45, 7) is 13.6. The Morgan fingerprint density at radius 2 is 1.81 bits per heavy atom. The summed E-state index contributed by atoms with van der Waals surface area (Å²) in [6, 6.07) is 8.87. The van der Waals surface area contributed by atoms with Gasteiger partial charge in [0.1, 0.15) is 0 Å². The third-order valence-electron chi connectivity index (χ3n) is 3.78. The van der Waals surface area contributed by atoms with Crippen LogP contribution >= 0.6 is 0 Å². The predicted molar refractivity (Wildman–Crippen MR) is 88.6 cm³/mol. The van der Waals surface area contributed by atoms with Crippen LogP contribution in [0.3, 0.4) is 0 Å². The molecule has 114 valence electrons. The Labute approximate surface area is 128 Å². The molecule has 0 aliphatic carbocycles. The van der Waals surface area contributed by atoms with Crippen LogP contribution in [0.4, 0.5) is 0 Å². The van der Waals surface area contributed by atoms with Gasteiger partial charge in [-0.05, 0) is 30.0 Å². The summed E-state index contributed by atoms with van der Waals surface area (Å²) < 4.78 is 2.04. The van der Waals surface area contributed by atoms with Gasteiger partial charge in [-0.15, -0.1) is 0 Å². The molecule has 1 aromatic heterocycles. The van der Waals surface area contributed by atoms with E-state index in [2.05, 4.69) is 75.5 Å². The quantitative estimate of drug-likeness (QED) is 0.909. The van der Waals surface area contributed by atoms with Crippen LogP contribution in [0.2, 0.25) is 0 Å². The van der Waals surface area contributed by atoms with Crippen molar-refractivity contribution in [3.8, 4) is 0 Å². The molecule has 0 bridgehead atoms. The van der Waals surface area contributed by atoms with Crippen molar-refractivity contribution < 1.29 is 0 Å². The molecule has 0 radical (unpaired) electrons. The zero-order chi connectivity index (χ0) is 15.5. The second kappa shape index (κ2) is 6.44. The second-order valence-corrected chi connectivity index (χ2v) is 6.66. The third kappa shape index (κ3) is 4.18. The van der Waals surface area contributed by atoms with E-state index in [1.165, 1.54) is 16.7 Å². The van der Waals surface area contributed by atoms with Crippen LogP contribution in [0.1, 0.15) is 50.1 Å². The van der Waals surface area contributed by atoms with Crippen LogP contribution < -0.4 is 5.32 Å². The lowest BCUT2D eigenvalue weighted by atomic mass is 9.87. The SMILES string of the molecule is CCNCc1cn(Cc2ccc(C(C)(C)C)cc2)nc1C. The van der Waals surface area contributed by atoms with E-state index in [-0.39, 0.29) is 5.41 Å². The Morgan fingerprint density at radius 1 is 1.14 bits per heavy atom. The van der Waals surface area contributed by atoms with E-state index in [1.807, 2.05) is 4.68 Å². The van der Waals surface area contributed by atoms with Gasteiger partial charge in [0, 0.05) is 18.3 Å². The number of benzene rings is 1. The first-order valence-electron chi connectivity index (χ1n) is 7.73. The van der Waals surface area contributed by atoms with Crippen molar-refractivity contribution >= 4 is 0 Å². The van der Waals surface area contributed by atoms with Crippen molar-refractivity contribution in [2.45, 2.75) is 53.1 Å². The molecular weight excluding hydrogens is 258 g/mol. The van der Waals surface area contributed by atoms with Crippen LogP contribution in [-0.2, 0) is 18.5 Å². The molecule has 1 aromatic carbocycles. The molecule has 2 aromatic rings. The van der Waals surface area contributed by atoms with Crippen LogP contribution in [0.5, 0.6) is 0 Å². The zero-order valence-corrected chi connectivity index (χ0v) is 13.9. The number of hydrogen-bond acceptors (Lipinski definition) is 2. The number of nitrogens with one attached hydrogen (secondary N) is 1. The molecule has 3 heteroatoms. The lowest BCUT2D eigenvalue weighted by Gasteiger charge is -2.19. The lowest BCUT2D eigenvalue weighted by molar-refractivity contribution is 0.589. The molecule has 1 heterocycles. The first kappa shape index (κ1) is 15.8. The van der Waals surface area contributed by atoms with E-state index < -0.39 is 0 Å². The van der Waals surface area contributed by atoms with Gasteiger partial charge in [-0.1, -0.05) is 52.0 Å². The van der Waals surface area contributed by atoms with Gasteiger partial charge in [-0.2, -0.15) is 5.10 Å². The smallest absolute Gasteiger partial charge is 0.0659 e. The summed E-state index contributed by atoms with van der Waals surface area (Å²) in [5.74, 6) is 0. The first-order valence-corrected chi connectivity index (χ1v) is 7.73. The molecule has 3 nitrogen and oxygen atoms in total. The van der Waals surface area contributed by atoms with E-state index in [4.69, 9.17) is 0 Å². The number of rotatable bonds is 5. The third-order valence-corrected chi connectivity index (χ3v) is 3.78. The van der Waals surface area contributed by atoms with Crippen LogP contribution in [0.25, 0.3) is 0 Å². The normalized spacial score (nSPS) is 11.9. The maximum absolute atomic E-state index is 4.61. The standard InChI is InChI=1S/C18H27N3/c1-6-19-11-16-13-21(20-14(16)2)12-15-7-9-17(10-8-15)18(3,4)5/h7-10,13,19H,6,11-12H2,1-5H3. The van der Waals surface area contributed by atoms with E-state index in [0.717, 1.165) is 25.3 Å². The highest BCUT2D eigenvalue weighted by molar-refractivity contribution is 5.28. The Bertz CT molecular complexity index is 574. The highest BCUT2D eigenvalue weighted by Gasteiger charge is 2.13. The average Bonchev–Trinajstić information content (AvgIpc) is 2.76.